The molecule has 2 aliphatic carbocycles. The third kappa shape index (κ3) is 1.47. The number of nitrogens with one attached hydrogen (secondary N) is 1. The summed E-state index contributed by atoms with van der Waals surface area (Å²) in [4.78, 5) is 12.8. The van der Waals surface area contributed by atoms with Crippen LogP contribution in [0.15, 0.2) is 18.2 Å². The first-order valence-corrected chi connectivity index (χ1v) is 7.72. The molecule has 3 aliphatic rings. The number of piperidine rings is 1. The zero-order chi connectivity index (χ0) is 13.7. The standard InChI is InChI=1S/C17H21NO2/c1-20-11-5-6-12-14(10-11)17-7-3-2-4-13(17)15(16(12)19)18-9-8-17/h5-6,10,13,15,18H,2-4,7-9H2,1H3/t13-,15+,17+/m0/s1. The number of hydrogen-bond donors (Lipinski definition) is 1. The lowest BCUT2D eigenvalue weighted by Gasteiger charge is -2.55. The molecule has 1 aromatic carbocycles. The number of ketones is 1. The van der Waals surface area contributed by atoms with Crippen LogP contribution >= 0.6 is 0 Å². The van der Waals surface area contributed by atoms with Gasteiger partial charge in [0, 0.05) is 11.0 Å². The summed E-state index contributed by atoms with van der Waals surface area (Å²) in [6.07, 6.45) is 6.11. The third-order valence-electron chi connectivity index (χ3n) is 5.75. The first-order valence-electron chi connectivity index (χ1n) is 7.72. The number of hydrogen-bond acceptors (Lipinski definition) is 3. The van der Waals surface area contributed by atoms with Crippen molar-refractivity contribution in [3.05, 3.63) is 29.3 Å². The Morgan fingerprint density at radius 1 is 1.30 bits per heavy atom. The number of rotatable bonds is 1. The Kier molecular flexibility index (Phi) is 2.68. The molecule has 1 heterocycles. The van der Waals surface area contributed by atoms with Crippen molar-refractivity contribution in [1.29, 1.82) is 0 Å². The highest BCUT2D eigenvalue weighted by Crippen LogP contribution is 2.54. The predicted octanol–water partition coefficient (Wildman–Crippen LogP) is 2.68. The highest BCUT2D eigenvalue weighted by atomic mass is 16.5. The molecular weight excluding hydrogens is 250 g/mol. The summed E-state index contributed by atoms with van der Waals surface area (Å²) < 4.78 is 5.40. The van der Waals surface area contributed by atoms with E-state index in [0.29, 0.717) is 11.7 Å². The molecule has 2 fully saturated rings. The number of carbonyl (C=O) groups is 1. The summed E-state index contributed by atoms with van der Waals surface area (Å²) in [7, 11) is 1.70. The monoisotopic (exact) mass is 271 g/mol. The second kappa shape index (κ2) is 4.32. The second-order valence-corrected chi connectivity index (χ2v) is 6.47. The van der Waals surface area contributed by atoms with E-state index in [4.69, 9.17) is 4.74 Å². The molecule has 0 spiro atoms. The van der Waals surface area contributed by atoms with Gasteiger partial charge in [0.1, 0.15) is 5.75 Å². The van der Waals surface area contributed by atoms with Crippen LogP contribution in [0.1, 0.15) is 48.0 Å². The Morgan fingerprint density at radius 2 is 2.20 bits per heavy atom. The van der Waals surface area contributed by atoms with E-state index in [-0.39, 0.29) is 11.5 Å². The molecule has 1 aromatic rings. The van der Waals surface area contributed by atoms with E-state index in [0.717, 1.165) is 24.3 Å². The Balaban J connectivity index is 1.94. The molecule has 0 radical (unpaired) electrons. The van der Waals surface area contributed by atoms with E-state index >= 15 is 0 Å². The van der Waals surface area contributed by atoms with Crippen LogP contribution in [0.25, 0.3) is 0 Å². The van der Waals surface area contributed by atoms with Gasteiger partial charge in [-0.05, 0) is 55.5 Å². The van der Waals surface area contributed by atoms with Gasteiger partial charge in [0.15, 0.2) is 5.78 Å². The van der Waals surface area contributed by atoms with Crippen molar-refractivity contribution >= 4 is 5.78 Å². The number of carbonyl (C=O) groups excluding carboxylic acids is 1. The fourth-order valence-electron chi connectivity index (χ4n) is 4.84. The van der Waals surface area contributed by atoms with Crippen molar-refractivity contribution in [2.45, 2.75) is 43.6 Å². The van der Waals surface area contributed by atoms with Crippen molar-refractivity contribution in [2.75, 3.05) is 13.7 Å². The molecule has 0 aromatic heterocycles. The smallest absolute Gasteiger partial charge is 0.180 e. The number of fused-ring (bicyclic) bond motifs is 1. The van der Waals surface area contributed by atoms with Crippen LogP contribution in [0.3, 0.4) is 0 Å². The van der Waals surface area contributed by atoms with Crippen LogP contribution in [0.4, 0.5) is 0 Å². The first kappa shape index (κ1) is 12.4. The highest BCUT2D eigenvalue weighted by Gasteiger charge is 2.54. The van der Waals surface area contributed by atoms with E-state index in [1.165, 1.54) is 31.2 Å². The number of ether oxygens (including phenoxy) is 1. The molecule has 1 saturated heterocycles. The number of Topliss-reactive ketones (excluding diaryl/α,β-unsaturated/α-hetero) is 1. The summed E-state index contributed by atoms with van der Waals surface area (Å²) >= 11 is 0. The van der Waals surface area contributed by atoms with Crippen LogP contribution in [0.5, 0.6) is 5.75 Å². The van der Waals surface area contributed by atoms with Crippen LogP contribution in [0.2, 0.25) is 0 Å². The Hall–Kier alpha value is -1.35. The minimum atomic E-state index is 0.0462. The van der Waals surface area contributed by atoms with Gasteiger partial charge in [-0.3, -0.25) is 4.79 Å². The lowest BCUT2D eigenvalue weighted by Crippen LogP contribution is -2.62. The van der Waals surface area contributed by atoms with E-state index in [1.54, 1.807) is 7.11 Å². The Morgan fingerprint density at radius 3 is 3.05 bits per heavy atom. The van der Waals surface area contributed by atoms with Gasteiger partial charge in [-0.25, -0.2) is 0 Å². The molecule has 1 saturated carbocycles. The molecule has 20 heavy (non-hydrogen) atoms. The van der Waals surface area contributed by atoms with Gasteiger partial charge < -0.3 is 10.1 Å². The topological polar surface area (TPSA) is 38.3 Å². The summed E-state index contributed by atoms with van der Waals surface area (Å²) in [6, 6.07) is 6.08. The maximum atomic E-state index is 12.8. The molecule has 2 bridgehead atoms. The van der Waals surface area contributed by atoms with Crippen LogP contribution in [0, 0.1) is 5.92 Å². The predicted molar refractivity (Wildman–Crippen MR) is 77.4 cm³/mol. The fourth-order valence-corrected chi connectivity index (χ4v) is 4.84. The quantitative estimate of drug-likeness (QED) is 0.853. The van der Waals surface area contributed by atoms with E-state index in [1.807, 2.05) is 12.1 Å². The lowest BCUT2D eigenvalue weighted by molar-refractivity contribution is 0.0566. The number of methoxy groups -OCH3 is 1. The maximum Gasteiger partial charge on any atom is 0.180 e. The Bertz CT molecular complexity index is 564. The average molecular weight is 271 g/mol. The number of benzene rings is 1. The summed E-state index contributed by atoms with van der Waals surface area (Å²) in [5.41, 5.74) is 2.41. The van der Waals surface area contributed by atoms with Crippen molar-refractivity contribution in [3.8, 4) is 5.75 Å². The second-order valence-electron chi connectivity index (χ2n) is 6.47. The van der Waals surface area contributed by atoms with Crippen LogP contribution < -0.4 is 10.1 Å². The molecular formula is C17H21NO2. The average Bonchev–Trinajstić information content (AvgIpc) is 2.52. The zero-order valence-electron chi connectivity index (χ0n) is 11.9. The molecule has 3 nitrogen and oxygen atoms in total. The van der Waals surface area contributed by atoms with Gasteiger partial charge in [-0.15, -0.1) is 0 Å². The van der Waals surface area contributed by atoms with Gasteiger partial charge in [0.05, 0.1) is 13.2 Å². The molecule has 1 N–H and O–H groups in total. The van der Waals surface area contributed by atoms with Gasteiger partial charge in [-0.1, -0.05) is 12.8 Å². The Labute approximate surface area is 119 Å². The van der Waals surface area contributed by atoms with Gasteiger partial charge >= 0.3 is 0 Å². The zero-order valence-corrected chi connectivity index (χ0v) is 11.9. The summed E-state index contributed by atoms with van der Waals surface area (Å²) in [5.74, 6) is 1.66. The molecule has 0 unspecified atom stereocenters. The van der Waals surface area contributed by atoms with Gasteiger partial charge in [-0.2, -0.15) is 0 Å². The lowest BCUT2D eigenvalue weighted by atomic mass is 9.52. The van der Waals surface area contributed by atoms with Crippen LogP contribution in [-0.2, 0) is 5.41 Å². The maximum absolute atomic E-state index is 12.8. The van der Waals surface area contributed by atoms with E-state index < -0.39 is 0 Å². The van der Waals surface area contributed by atoms with Gasteiger partial charge in [0.25, 0.3) is 0 Å². The van der Waals surface area contributed by atoms with Gasteiger partial charge in [0.2, 0.25) is 0 Å². The van der Waals surface area contributed by atoms with Crippen molar-refractivity contribution in [2.24, 2.45) is 5.92 Å². The SMILES string of the molecule is COc1ccc2c(c1)[C@@]13CCCC[C@H]1[C@@H](NCC3)C2=O. The first-order chi connectivity index (χ1) is 9.76. The molecule has 4 rings (SSSR count). The molecule has 1 aliphatic heterocycles. The molecule has 0 amide bonds. The molecule has 106 valence electrons. The van der Waals surface area contributed by atoms with Crippen LogP contribution in [-0.4, -0.2) is 25.5 Å². The fraction of sp³-hybridized carbons (Fsp3) is 0.588. The summed E-state index contributed by atoms with van der Waals surface area (Å²) in [5, 5.41) is 3.48. The minimum absolute atomic E-state index is 0.0462. The normalized spacial score (nSPS) is 35.1. The molecule has 3 heteroatoms. The third-order valence-corrected chi connectivity index (χ3v) is 5.75. The highest BCUT2D eigenvalue weighted by molar-refractivity contribution is 6.03. The molecule has 3 atom stereocenters. The van der Waals surface area contributed by atoms with Crippen molar-refractivity contribution in [1.82, 2.24) is 5.32 Å². The summed E-state index contributed by atoms with van der Waals surface area (Å²) in [6.45, 7) is 0.962. The van der Waals surface area contributed by atoms with Crippen molar-refractivity contribution in [3.63, 3.8) is 0 Å². The minimum Gasteiger partial charge on any atom is -0.497 e. The van der Waals surface area contributed by atoms with Crippen molar-refractivity contribution < 1.29 is 9.53 Å². The van der Waals surface area contributed by atoms with E-state index in [9.17, 15) is 4.79 Å². The van der Waals surface area contributed by atoms with E-state index in [2.05, 4.69) is 11.4 Å². The largest absolute Gasteiger partial charge is 0.497 e.